The van der Waals surface area contributed by atoms with Crippen LogP contribution in [-0.2, 0) is 10.2 Å². The molecule has 15 heavy (non-hydrogen) atoms. The number of thioether (sulfide) groups is 1. The SMILES string of the molecule is C=C(O[Si](C)(C)C)SCc1ccccc1. The molecule has 1 aromatic carbocycles. The summed E-state index contributed by atoms with van der Waals surface area (Å²) in [4.78, 5) is 0. The zero-order chi connectivity index (χ0) is 11.3. The molecule has 82 valence electrons. The van der Waals surface area contributed by atoms with Gasteiger partial charge in [-0.25, -0.2) is 0 Å². The topological polar surface area (TPSA) is 9.23 Å². The Kier molecular flexibility index (Phi) is 4.48. The second kappa shape index (κ2) is 5.42. The average Bonchev–Trinajstić information content (AvgIpc) is 2.14. The summed E-state index contributed by atoms with van der Waals surface area (Å²) in [5.41, 5.74) is 1.31. The summed E-state index contributed by atoms with van der Waals surface area (Å²) in [5.74, 6) is 0.935. The van der Waals surface area contributed by atoms with Gasteiger partial charge in [-0.3, -0.25) is 0 Å². The van der Waals surface area contributed by atoms with Crippen LogP contribution < -0.4 is 0 Å². The van der Waals surface area contributed by atoms with E-state index in [0.29, 0.717) is 0 Å². The molecule has 0 heterocycles. The van der Waals surface area contributed by atoms with Crippen molar-refractivity contribution >= 4 is 20.1 Å². The molecule has 0 bridgehead atoms. The van der Waals surface area contributed by atoms with E-state index in [1.165, 1.54) is 5.56 Å². The lowest BCUT2D eigenvalue weighted by Crippen LogP contribution is -2.23. The highest BCUT2D eigenvalue weighted by atomic mass is 32.2. The quantitative estimate of drug-likeness (QED) is 0.560. The molecule has 0 atom stereocenters. The lowest BCUT2D eigenvalue weighted by Gasteiger charge is -2.20. The van der Waals surface area contributed by atoms with E-state index in [2.05, 4.69) is 50.5 Å². The molecule has 1 nitrogen and oxygen atoms in total. The summed E-state index contributed by atoms with van der Waals surface area (Å²) >= 11 is 1.67. The van der Waals surface area contributed by atoms with Crippen LogP contribution in [0.2, 0.25) is 19.6 Å². The zero-order valence-corrected chi connectivity index (χ0v) is 11.4. The first-order valence-corrected chi connectivity index (χ1v) is 9.41. The fourth-order valence-electron chi connectivity index (χ4n) is 1.11. The molecule has 0 saturated heterocycles. The molecule has 0 aliphatic rings. The van der Waals surface area contributed by atoms with Crippen LogP contribution in [0.4, 0.5) is 0 Å². The van der Waals surface area contributed by atoms with Crippen LogP contribution >= 0.6 is 11.8 Å². The van der Waals surface area contributed by atoms with Crippen molar-refractivity contribution in [1.82, 2.24) is 0 Å². The summed E-state index contributed by atoms with van der Waals surface area (Å²) in [7, 11) is -1.48. The van der Waals surface area contributed by atoms with Gasteiger partial charge in [0.25, 0.3) is 0 Å². The highest BCUT2D eigenvalue weighted by molar-refractivity contribution is 8.02. The number of benzene rings is 1. The van der Waals surface area contributed by atoms with Crippen LogP contribution in [0.25, 0.3) is 0 Å². The van der Waals surface area contributed by atoms with Gasteiger partial charge >= 0.3 is 0 Å². The third-order valence-electron chi connectivity index (χ3n) is 1.66. The van der Waals surface area contributed by atoms with Crippen molar-refractivity contribution in [2.45, 2.75) is 25.4 Å². The Balaban J connectivity index is 2.35. The average molecular weight is 238 g/mol. The highest BCUT2D eigenvalue weighted by Crippen LogP contribution is 2.23. The first kappa shape index (κ1) is 12.4. The molecule has 0 unspecified atom stereocenters. The Morgan fingerprint density at radius 2 is 1.87 bits per heavy atom. The smallest absolute Gasteiger partial charge is 0.242 e. The molecule has 0 aromatic heterocycles. The molecule has 0 saturated carbocycles. The van der Waals surface area contributed by atoms with Crippen LogP contribution in [0.5, 0.6) is 0 Å². The summed E-state index contributed by atoms with van der Waals surface area (Å²) in [6, 6.07) is 10.4. The van der Waals surface area contributed by atoms with Gasteiger partial charge < -0.3 is 4.43 Å². The Bertz CT molecular complexity index is 316. The minimum Gasteiger partial charge on any atom is -0.540 e. The second-order valence-electron chi connectivity index (χ2n) is 4.36. The molecule has 0 aliphatic carbocycles. The van der Waals surface area contributed by atoms with Crippen molar-refractivity contribution in [2.24, 2.45) is 0 Å². The molecular weight excluding hydrogens is 220 g/mol. The van der Waals surface area contributed by atoms with Crippen molar-refractivity contribution in [2.75, 3.05) is 0 Å². The van der Waals surface area contributed by atoms with Crippen LogP contribution in [-0.4, -0.2) is 8.32 Å². The molecule has 0 radical (unpaired) electrons. The van der Waals surface area contributed by atoms with Gasteiger partial charge in [0.2, 0.25) is 8.32 Å². The monoisotopic (exact) mass is 238 g/mol. The predicted molar refractivity (Wildman–Crippen MR) is 71.3 cm³/mol. The van der Waals surface area contributed by atoms with Crippen molar-refractivity contribution in [3.05, 3.63) is 47.6 Å². The van der Waals surface area contributed by atoms with Gasteiger partial charge in [0.15, 0.2) is 0 Å². The van der Waals surface area contributed by atoms with Crippen LogP contribution in [0.3, 0.4) is 0 Å². The fourth-order valence-corrected chi connectivity index (χ4v) is 3.30. The Morgan fingerprint density at radius 1 is 1.27 bits per heavy atom. The highest BCUT2D eigenvalue weighted by Gasteiger charge is 2.16. The lowest BCUT2D eigenvalue weighted by atomic mass is 10.2. The van der Waals surface area contributed by atoms with Crippen molar-refractivity contribution in [3.63, 3.8) is 0 Å². The Morgan fingerprint density at radius 3 is 2.40 bits per heavy atom. The van der Waals surface area contributed by atoms with E-state index in [0.717, 1.165) is 10.8 Å². The maximum atomic E-state index is 5.77. The van der Waals surface area contributed by atoms with Crippen molar-refractivity contribution in [1.29, 1.82) is 0 Å². The van der Waals surface area contributed by atoms with E-state index in [1.807, 2.05) is 6.07 Å². The van der Waals surface area contributed by atoms with Crippen LogP contribution in [0.15, 0.2) is 42.0 Å². The van der Waals surface area contributed by atoms with E-state index >= 15 is 0 Å². The van der Waals surface area contributed by atoms with Gasteiger partial charge in [0, 0.05) is 5.75 Å². The van der Waals surface area contributed by atoms with E-state index in [1.54, 1.807) is 11.8 Å². The third kappa shape index (κ3) is 5.70. The number of hydrogen-bond acceptors (Lipinski definition) is 2. The molecule has 0 amide bonds. The van der Waals surface area contributed by atoms with Crippen LogP contribution in [0, 0.1) is 0 Å². The normalized spacial score (nSPS) is 11.1. The fraction of sp³-hybridized carbons (Fsp3) is 0.333. The third-order valence-corrected chi connectivity index (χ3v) is 3.55. The maximum absolute atomic E-state index is 5.77. The minimum atomic E-state index is -1.48. The molecule has 0 N–H and O–H groups in total. The van der Waals surface area contributed by atoms with E-state index < -0.39 is 8.32 Å². The van der Waals surface area contributed by atoms with Crippen molar-refractivity contribution < 1.29 is 4.43 Å². The largest absolute Gasteiger partial charge is 0.540 e. The van der Waals surface area contributed by atoms with Gasteiger partial charge in [0.05, 0.1) is 0 Å². The van der Waals surface area contributed by atoms with Gasteiger partial charge in [-0.1, -0.05) is 48.7 Å². The Hall–Kier alpha value is -0.673. The summed E-state index contributed by atoms with van der Waals surface area (Å²) in [6.07, 6.45) is 0. The first-order chi connectivity index (χ1) is 6.97. The number of rotatable bonds is 5. The van der Waals surface area contributed by atoms with Gasteiger partial charge in [-0.15, -0.1) is 0 Å². The summed E-state index contributed by atoms with van der Waals surface area (Å²) in [5, 5.41) is 0.845. The van der Waals surface area contributed by atoms with E-state index in [-0.39, 0.29) is 0 Å². The van der Waals surface area contributed by atoms with E-state index in [4.69, 9.17) is 4.43 Å². The first-order valence-electron chi connectivity index (χ1n) is 5.02. The lowest BCUT2D eigenvalue weighted by molar-refractivity contribution is 0.466. The molecular formula is C12H18OSSi. The second-order valence-corrected chi connectivity index (χ2v) is 9.82. The van der Waals surface area contributed by atoms with Gasteiger partial charge in [-0.2, -0.15) is 0 Å². The van der Waals surface area contributed by atoms with Gasteiger partial charge in [0.1, 0.15) is 5.09 Å². The molecule has 3 heteroatoms. The number of hydrogen-bond donors (Lipinski definition) is 0. The van der Waals surface area contributed by atoms with E-state index in [9.17, 15) is 0 Å². The zero-order valence-electron chi connectivity index (χ0n) is 9.62. The molecule has 0 fully saturated rings. The minimum absolute atomic E-state index is 0.845. The summed E-state index contributed by atoms with van der Waals surface area (Å²) < 4.78 is 5.77. The predicted octanol–water partition coefficient (Wildman–Crippen LogP) is 4.24. The summed E-state index contributed by atoms with van der Waals surface area (Å²) in [6.45, 7) is 10.4. The molecule has 0 aliphatic heterocycles. The van der Waals surface area contributed by atoms with Crippen molar-refractivity contribution in [3.8, 4) is 0 Å². The molecule has 1 aromatic rings. The maximum Gasteiger partial charge on any atom is 0.242 e. The molecule has 0 spiro atoms. The van der Waals surface area contributed by atoms with Gasteiger partial charge in [-0.05, 0) is 25.2 Å². The van der Waals surface area contributed by atoms with Crippen LogP contribution in [0.1, 0.15) is 5.56 Å². The Labute approximate surface area is 97.7 Å². The molecule has 1 rings (SSSR count). The standard InChI is InChI=1S/C12H18OSSi/c1-11(13-15(2,3)4)14-10-12-8-6-5-7-9-12/h5-9H,1,10H2,2-4H3.